The molecule has 22 heavy (non-hydrogen) atoms. The van der Waals surface area contributed by atoms with E-state index in [4.69, 9.17) is 0 Å². The first kappa shape index (κ1) is 14.1. The molecule has 0 aromatic heterocycles. The van der Waals surface area contributed by atoms with E-state index in [-0.39, 0.29) is 11.1 Å². The molecule has 0 saturated heterocycles. The van der Waals surface area contributed by atoms with E-state index in [0.29, 0.717) is 11.0 Å². The number of halogens is 3. The normalized spacial score (nSPS) is 13.5. The monoisotopic (exact) mass is 307 g/mol. The van der Waals surface area contributed by atoms with Crippen molar-refractivity contribution >= 4 is 17.5 Å². The maximum Gasteiger partial charge on any atom is 0.266 e. The molecule has 7 heteroatoms. The van der Waals surface area contributed by atoms with Gasteiger partial charge in [-0.05, 0) is 12.1 Å². The van der Waals surface area contributed by atoms with Gasteiger partial charge in [-0.1, -0.05) is 12.1 Å². The van der Waals surface area contributed by atoms with Crippen molar-refractivity contribution < 1.29 is 27.5 Å². The highest BCUT2D eigenvalue weighted by Crippen LogP contribution is 2.36. The molecule has 0 N–H and O–H groups in total. The second kappa shape index (κ2) is 4.87. The predicted molar refractivity (Wildman–Crippen MR) is 70.5 cm³/mol. The molecule has 0 saturated carbocycles. The molecule has 1 heterocycles. The van der Waals surface area contributed by atoms with Crippen LogP contribution in [-0.4, -0.2) is 18.9 Å². The van der Waals surface area contributed by atoms with Gasteiger partial charge in [-0.2, -0.15) is 4.39 Å². The van der Waals surface area contributed by atoms with Gasteiger partial charge in [0.15, 0.2) is 17.4 Å². The lowest BCUT2D eigenvalue weighted by molar-refractivity contribution is 0.0924. The van der Waals surface area contributed by atoms with Gasteiger partial charge in [0.25, 0.3) is 11.8 Å². The largest absolute Gasteiger partial charge is 0.491 e. The number of amides is 2. The molecule has 0 aliphatic carbocycles. The summed E-state index contributed by atoms with van der Waals surface area (Å²) < 4.78 is 45.8. The van der Waals surface area contributed by atoms with E-state index >= 15 is 0 Å². The van der Waals surface area contributed by atoms with Crippen molar-refractivity contribution in [2.75, 3.05) is 12.0 Å². The number of rotatable bonds is 2. The van der Waals surface area contributed by atoms with Crippen LogP contribution in [0, 0.1) is 17.5 Å². The molecule has 3 rings (SSSR count). The molecule has 0 atom stereocenters. The Hall–Kier alpha value is -2.83. The molecule has 112 valence electrons. The minimum atomic E-state index is -1.53. The van der Waals surface area contributed by atoms with Crippen LogP contribution in [0.1, 0.15) is 20.7 Å². The molecule has 0 radical (unpaired) electrons. The van der Waals surface area contributed by atoms with Crippen LogP contribution in [-0.2, 0) is 0 Å². The zero-order valence-electron chi connectivity index (χ0n) is 11.2. The van der Waals surface area contributed by atoms with Crippen molar-refractivity contribution in [1.82, 2.24) is 0 Å². The Bertz CT molecular complexity index is 785. The summed E-state index contributed by atoms with van der Waals surface area (Å²) in [5.41, 5.74) is -0.562. The van der Waals surface area contributed by atoms with Gasteiger partial charge < -0.3 is 4.74 Å². The van der Waals surface area contributed by atoms with E-state index < -0.39 is 40.7 Å². The molecule has 0 bridgehead atoms. The Balaban J connectivity index is 2.20. The zero-order valence-corrected chi connectivity index (χ0v) is 11.2. The van der Waals surface area contributed by atoms with Gasteiger partial charge in [-0.25, -0.2) is 13.7 Å². The molecule has 0 spiro atoms. The van der Waals surface area contributed by atoms with E-state index in [0.717, 1.165) is 7.11 Å². The van der Waals surface area contributed by atoms with Gasteiger partial charge >= 0.3 is 0 Å². The quantitative estimate of drug-likeness (QED) is 0.633. The third-order valence-corrected chi connectivity index (χ3v) is 3.34. The molecule has 1 aliphatic rings. The average Bonchev–Trinajstić information content (AvgIpc) is 2.76. The fourth-order valence-electron chi connectivity index (χ4n) is 2.32. The van der Waals surface area contributed by atoms with Crippen molar-refractivity contribution in [3.8, 4) is 5.75 Å². The van der Waals surface area contributed by atoms with Crippen LogP contribution in [0.2, 0.25) is 0 Å². The van der Waals surface area contributed by atoms with Crippen LogP contribution in [0.3, 0.4) is 0 Å². The lowest BCUT2D eigenvalue weighted by Gasteiger charge is -2.17. The number of benzene rings is 2. The van der Waals surface area contributed by atoms with E-state index in [2.05, 4.69) is 4.74 Å². The maximum atomic E-state index is 14.3. The van der Waals surface area contributed by atoms with Crippen LogP contribution in [0.4, 0.5) is 18.9 Å². The Morgan fingerprint density at radius 2 is 1.50 bits per heavy atom. The zero-order chi connectivity index (χ0) is 16.0. The second-order valence-corrected chi connectivity index (χ2v) is 4.53. The number of ether oxygens (including phenoxy) is 1. The van der Waals surface area contributed by atoms with Gasteiger partial charge in [0.05, 0.1) is 23.9 Å². The number of carbonyl (C=O) groups excluding carboxylic acids is 2. The summed E-state index contributed by atoms with van der Waals surface area (Å²) in [6.07, 6.45) is 0. The number of imide groups is 1. The van der Waals surface area contributed by atoms with E-state index in [1.54, 1.807) is 0 Å². The van der Waals surface area contributed by atoms with Gasteiger partial charge in [-0.15, -0.1) is 0 Å². The molecule has 0 fully saturated rings. The SMILES string of the molecule is COc1c(F)c(F)cc(N2C(=O)c3ccccc3C2=O)c1F. The van der Waals surface area contributed by atoms with E-state index in [1.807, 2.05) is 0 Å². The van der Waals surface area contributed by atoms with Crippen molar-refractivity contribution in [2.24, 2.45) is 0 Å². The number of nitrogens with zero attached hydrogens (tertiary/aromatic N) is 1. The first-order chi connectivity index (χ1) is 10.5. The molecule has 2 aromatic rings. The standard InChI is InChI=1S/C15H8F3NO3/c1-22-13-11(17)9(16)6-10(12(13)18)19-14(20)7-4-2-3-5-8(7)15(19)21/h2-6H,1H3. The van der Waals surface area contributed by atoms with Gasteiger partial charge in [0.1, 0.15) is 0 Å². The Morgan fingerprint density at radius 1 is 0.955 bits per heavy atom. The highest BCUT2D eigenvalue weighted by molar-refractivity contribution is 6.34. The fraction of sp³-hybridized carbons (Fsp3) is 0.0667. The predicted octanol–water partition coefficient (Wildman–Crippen LogP) is 2.91. The number of hydrogen-bond donors (Lipinski definition) is 0. The molecular formula is C15H8F3NO3. The van der Waals surface area contributed by atoms with Crippen molar-refractivity contribution in [3.05, 3.63) is 58.9 Å². The van der Waals surface area contributed by atoms with Crippen LogP contribution in [0.25, 0.3) is 0 Å². The summed E-state index contributed by atoms with van der Waals surface area (Å²) in [5.74, 6) is -6.90. The van der Waals surface area contributed by atoms with Gasteiger partial charge in [0, 0.05) is 6.07 Å². The molecule has 2 aromatic carbocycles. The third-order valence-electron chi connectivity index (χ3n) is 3.34. The van der Waals surface area contributed by atoms with Crippen molar-refractivity contribution in [3.63, 3.8) is 0 Å². The Labute approximate surface area is 122 Å². The lowest BCUT2D eigenvalue weighted by atomic mass is 10.1. The number of fused-ring (bicyclic) bond motifs is 1. The Kier molecular flexibility index (Phi) is 3.13. The lowest BCUT2D eigenvalue weighted by Crippen LogP contribution is -2.30. The highest BCUT2D eigenvalue weighted by Gasteiger charge is 2.39. The number of anilines is 1. The summed E-state index contributed by atoms with van der Waals surface area (Å²) in [7, 11) is 0.951. The van der Waals surface area contributed by atoms with E-state index in [1.165, 1.54) is 24.3 Å². The second-order valence-electron chi connectivity index (χ2n) is 4.53. The number of carbonyl (C=O) groups is 2. The molecule has 1 aliphatic heterocycles. The van der Waals surface area contributed by atoms with Crippen LogP contribution in [0.15, 0.2) is 30.3 Å². The molecule has 4 nitrogen and oxygen atoms in total. The summed E-state index contributed by atoms with van der Waals surface area (Å²) in [4.78, 5) is 24.9. The smallest absolute Gasteiger partial charge is 0.266 e. The minimum Gasteiger partial charge on any atom is -0.491 e. The highest BCUT2D eigenvalue weighted by atomic mass is 19.2. The Morgan fingerprint density at radius 3 is 2.00 bits per heavy atom. The molecule has 0 unspecified atom stereocenters. The fourth-order valence-corrected chi connectivity index (χ4v) is 2.32. The van der Waals surface area contributed by atoms with E-state index in [9.17, 15) is 22.8 Å². The minimum absolute atomic E-state index is 0.0654. The van der Waals surface area contributed by atoms with Crippen LogP contribution >= 0.6 is 0 Å². The molecular weight excluding hydrogens is 299 g/mol. The number of hydrogen-bond acceptors (Lipinski definition) is 3. The van der Waals surface area contributed by atoms with Gasteiger partial charge in [0.2, 0.25) is 5.82 Å². The first-order valence-corrected chi connectivity index (χ1v) is 6.16. The van der Waals surface area contributed by atoms with Crippen LogP contribution in [0.5, 0.6) is 5.75 Å². The molecule has 2 amide bonds. The summed E-state index contributed by atoms with van der Waals surface area (Å²) in [6, 6.07) is 6.31. The summed E-state index contributed by atoms with van der Waals surface area (Å²) in [6.45, 7) is 0. The first-order valence-electron chi connectivity index (χ1n) is 6.16. The van der Waals surface area contributed by atoms with Crippen molar-refractivity contribution in [1.29, 1.82) is 0 Å². The van der Waals surface area contributed by atoms with Crippen LogP contribution < -0.4 is 9.64 Å². The third kappa shape index (κ3) is 1.78. The maximum absolute atomic E-state index is 14.3. The summed E-state index contributed by atoms with van der Waals surface area (Å²) in [5, 5.41) is 0. The topological polar surface area (TPSA) is 46.6 Å². The number of methoxy groups -OCH3 is 1. The average molecular weight is 307 g/mol. The van der Waals surface area contributed by atoms with Crippen molar-refractivity contribution in [2.45, 2.75) is 0 Å². The summed E-state index contributed by atoms with van der Waals surface area (Å²) >= 11 is 0. The van der Waals surface area contributed by atoms with Gasteiger partial charge in [-0.3, -0.25) is 9.59 Å².